The topological polar surface area (TPSA) is 99.2 Å². The number of methoxy groups -OCH3 is 1. The summed E-state index contributed by atoms with van der Waals surface area (Å²) in [5, 5.41) is 12.2. The number of carbonyl (C=O) groups is 3. The van der Waals surface area contributed by atoms with Gasteiger partial charge in [-0.3, -0.25) is 9.59 Å². The number of nitrogens with zero attached hydrogens (tertiary/aromatic N) is 2. The summed E-state index contributed by atoms with van der Waals surface area (Å²) in [5.74, 6) is -1.25. The van der Waals surface area contributed by atoms with Crippen LogP contribution < -0.4 is 10.2 Å². The molecule has 0 aromatic heterocycles. The molecule has 0 fully saturated rings. The minimum absolute atomic E-state index is 0.0318. The Morgan fingerprint density at radius 3 is 2.65 bits per heavy atom. The number of hydrogen-bond donors (Lipinski definition) is 2. The maximum absolute atomic E-state index is 13.4. The third-order valence-electron chi connectivity index (χ3n) is 5.50. The van der Waals surface area contributed by atoms with Crippen LogP contribution in [0.15, 0.2) is 59.8 Å². The number of aliphatic hydroxyl groups excluding tert-OH is 1. The Hall–Kier alpha value is -3.65. The third-order valence-corrected chi connectivity index (χ3v) is 5.50. The van der Waals surface area contributed by atoms with Gasteiger partial charge in [0.2, 0.25) is 0 Å². The zero-order valence-electron chi connectivity index (χ0n) is 17.1. The summed E-state index contributed by atoms with van der Waals surface area (Å²) >= 11 is 0. The van der Waals surface area contributed by atoms with Gasteiger partial charge in [-0.2, -0.15) is 0 Å². The predicted octanol–water partition coefficient (Wildman–Crippen LogP) is 1.56. The quantitative estimate of drug-likeness (QED) is 0.687. The van der Waals surface area contributed by atoms with Gasteiger partial charge in [-0.15, -0.1) is 0 Å². The van der Waals surface area contributed by atoms with E-state index in [2.05, 4.69) is 5.32 Å². The molecule has 31 heavy (non-hydrogen) atoms. The van der Waals surface area contributed by atoms with E-state index in [-0.39, 0.29) is 36.9 Å². The zero-order valence-corrected chi connectivity index (χ0v) is 17.1. The fourth-order valence-corrected chi connectivity index (χ4v) is 3.96. The van der Waals surface area contributed by atoms with Gasteiger partial charge < -0.3 is 25.0 Å². The van der Waals surface area contributed by atoms with Crippen molar-refractivity contribution in [2.24, 2.45) is 0 Å². The van der Waals surface area contributed by atoms with E-state index in [1.165, 1.54) is 12.0 Å². The number of fused-ring (bicyclic) bond motifs is 1. The molecule has 0 saturated carbocycles. The number of esters is 1. The molecule has 0 aliphatic carbocycles. The number of aliphatic hydroxyl groups is 1. The number of nitrogens with one attached hydrogen (secondary N) is 1. The number of hydrogen-bond acceptors (Lipinski definition) is 6. The smallest absolute Gasteiger partial charge is 0.337 e. The van der Waals surface area contributed by atoms with E-state index in [4.69, 9.17) is 4.74 Å². The first kappa shape index (κ1) is 20.6. The lowest BCUT2D eigenvalue weighted by molar-refractivity contribution is -0.136. The van der Waals surface area contributed by atoms with Gasteiger partial charge in [0.25, 0.3) is 11.8 Å². The van der Waals surface area contributed by atoms with Crippen molar-refractivity contribution in [3.05, 3.63) is 70.9 Å². The van der Waals surface area contributed by atoms with Crippen molar-refractivity contribution in [3.8, 4) is 0 Å². The Kier molecular flexibility index (Phi) is 5.73. The van der Waals surface area contributed by atoms with Crippen molar-refractivity contribution < 1.29 is 24.2 Å². The number of rotatable bonds is 6. The first-order chi connectivity index (χ1) is 15.0. The van der Waals surface area contributed by atoms with Crippen molar-refractivity contribution in [1.82, 2.24) is 4.90 Å². The average Bonchev–Trinajstić information content (AvgIpc) is 3.36. The normalized spacial score (nSPS) is 15.4. The number of β-amino-alcohol motifs (C(OH)–C–C–N with tert-alkyl or cyclic N) is 1. The van der Waals surface area contributed by atoms with Gasteiger partial charge in [0.1, 0.15) is 5.70 Å². The molecule has 2 amide bonds. The van der Waals surface area contributed by atoms with E-state index in [0.29, 0.717) is 17.8 Å². The molecule has 0 unspecified atom stereocenters. The highest BCUT2D eigenvalue weighted by Crippen LogP contribution is 2.31. The Morgan fingerprint density at radius 1 is 1.13 bits per heavy atom. The largest absolute Gasteiger partial charge is 0.466 e. The number of anilines is 2. The minimum atomic E-state index is -0.631. The van der Waals surface area contributed by atoms with Crippen molar-refractivity contribution >= 4 is 29.2 Å². The molecule has 2 aromatic carbocycles. The van der Waals surface area contributed by atoms with E-state index in [0.717, 1.165) is 17.7 Å². The Bertz CT molecular complexity index is 1080. The molecule has 8 nitrogen and oxygen atoms in total. The molecular weight excluding hydrogens is 398 g/mol. The second kappa shape index (κ2) is 8.61. The van der Waals surface area contributed by atoms with Crippen LogP contribution >= 0.6 is 0 Å². The number of carbonyl (C=O) groups excluding carboxylic acids is 3. The van der Waals surface area contributed by atoms with Crippen molar-refractivity contribution in [2.45, 2.75) is 6.42 Å². The molecule has 2 aromatic rings. The van der Waals surface area contributed by atoms with Crippen LogP contribution in [-0.2, 0) is 20.7 Å². The summed E-state index contributed by atoms with van der Waals surface area (Å²) in [4.78, 5) is 41.5. The molecule has 2 N–H and O–H groups in total. The highest BCUT2D eigenvalue weighted by atomic mass is 16.5. The van der Waals surface area contributed by atoms with Crippen LogP contribution in [0.4, 0.5) is 11.4 Å². The highest BCUT2D eigenvalue weighted by molar-refractivity contribution is 6.13. The summed E-state index contributed by atoms with van der Waals surface area (Å²) < 4.78 is 4.82. The lowest BCUT2D eigenvalue weighted by Gasteiger charge is -2.20. The molecule has 2 aliphatic rings. The molecule has 8 heteroatoms. The fourth-order valence-electron chi connectivity index (χ4n) is 3.96. The molecule has 0 atom stereocenters. The molecule has 0 bridgehead atoms. The first-order valence-corrected chi connectivity index (χ1v) is 10.0. The van der Waals surface area contributed by atoms with Crippen molar-refractivity contribution in [1.29, 1.82) is 0 Å². The molecule has 2 aliphatic heterocycles. The SMILES string of the molecule is COC(=O)C1=C(Nc2ccccc2C(=O)N2CCc3ccccc32)C(=O)N(CCO)C1. The van der Waals surface area contributed by atoms with Gasteiger partial charge in [-0.25, -0.2) is 4.79 Å². The van der Waals surface area contributed by atoms with Crippen LogP contribution in [0, 0.1) is 0 Å². The summed E-state index contributed by atoms with van der Waals surface area (Å²) in [7, 11) is 1.24. The standard InChI is InChI=1S/C23H23N3O5/c1-31-23(30)17-14-25(12-13-27)22(29)20(17)24-18-8-4-3-7-16(18)21(28)26-11-10-15-6-2-5-9-19(15)26/h2-9,24,27H,10-14H2,1H3. The molecule has 2 heterocycles. The molecule has 0 spiro atoms. The summed E-state index contributed by atoms with van der Waals surface area (Å²) in [6.07, 6.45) is 0.782. The maximum Gasteiger partial charge on any atom is 0.337 e. The van der Waals surface area contributed by atoms with Gasteiger partial charge >= 0.3 is 5.97 Å². The van der Waals surface area contributed by atoms with Gasteiger partial charge in [0, 0.05) is 18.8 Å². The lowest BCUT2D eigenvalue weighted by atomic mass is 10.1. The van der Waals surface area contributed by atoms with Gasteiger partial charge in [-0.05, 0) is 30.2 Å². The number of benzene rings is 2. The Labute approximate surface area is 179 Å². The van der Waals surface area contributed by atoms with Crippen molar-refractivity contribution in [3.63, 3.8) is 0 Å². The fraction of sp³-hybridized carbons (Fsp3) is 0.261. The third kappa shape index (κ3) is 3.77. The van der Waals surface area contributed by atoms with Crippen molar-refractivity contribution in [2.75, 3.05) is 43.6 Å². The van der Waals surface area contributed by atoms with E-state index < -0.39 is 11.9 Å². The van der Waals surface area contributed by atoms with Gasteiger partial charge in [0.15, 0.2) is 0 Å². The Morgan fingerprint density at radius 2 is 1.87 bits per heavy atom. The number of amides is 2. The second-order valence-corrected chi connectivity index (χ2v) is 7.30. The van der Waals surface area contributed by atoms with Crippen LogP contribution in [0.2, 0.25) is 0 Å². The lowest BCUT2D eigenvalue weighted by Crippen LogP contribution is -2.32. The van der Waals surface area contributed by atoms with Crippen LogP contribution in [0.5, 0.6) is 0 Å². The Balaban J connectivity index is 1.67. The molecule has 4 rings (SSSR count). The average molecular weight is 421 g/mol. The van der Waals surface area contributed by atoms with E-state index in [9.17, 15) is 19.5 Å². The molecule has 0 radical (unpaired) electrons. The molecular formula is C23H23N3O5. The predicted molar refractivity (Wildman–Crippen MR) is 115 cm³/mol. The van der Waals surface area contributed by atoms with Crippen LogP contribution in [0.3, 0.4) is 0 Å². The second-order valence-electron chi connectivity index (χ2n) is 7.30. The summed E-state index contributed by atoms with van der Waals surface area (Å²) in [6.45, 7) is 0.475. The van der Waals surface area contributed by atoms with E-state index in [1.54, 1.807) is 29.2 Å². The van der Waals surface area contributed by atoms with Crippen LogP contribution in [0.1, 0.15) is 15.9 Å². The molecule has 0 saturated heterocycles. The van der Waals surface area contributed by atoms with E-state index >= 15 is 0 Å². The van der Waals surface area contributed by atoms with Crippen LogP contribution in [0.25, 0.3) is 0 Å². The zero-order chi connectivity index (χ0) is 22.0. The van der Waals surface area contributed by atoms with E-state index in [1.807, 2.05) is 24.3 Å². The first-order valence-electron chi connectivity index (χ1n) is 10.0. The van der Waals surface area contributed by atoms with Crippen LogP contribution in [-0.4, -0.2) is 61.1 Å². The van der Waals surface area contributed by atoms with Gasteiger partial charge in [-0.1, -0.05) is 30.3 Å². The number of ether oxygens (including phenoxy) is 1. The summed E-state index contributed by atoms with van der Waals surface area (Å²) in [5.41, 5.74) is 3.03. The minimum Gasteiger partial charge on any atom is -0.466 e. The number of para-hydroxylation sites is 2. The maximum atomic E-state index is 13.4. The van der Waals surface area contributed by atoms with Gasteiger partial charge in [0.05, 0.1) is 37.1 Å². The highest BCUT2D eigenvalue weighted by Gasteiger charge is 2.35. The molecule has 160 valence electrons. The monoisotopic (exact) mass is 421 g/mol. The summed E-state index contributed by atoms with van der Waals surface area (Å²) in [6, 6.07) is 14.7.